The largest absolute Gasteiger partial charge is 0.486 e. The normalized spacial score (nSPS) is 18.0. The Hall–Kier alpha value is -3.91. The molecule has 0 radical (unpaired) electrons. The van der Waals surface area contributed by atoms with Crippen molar-refractivity contribution in [2.45, 2.75) is 25.9 Å². The summed E-state index contributed by atoms with van der Waals surface area (Å²) in [6.45, 7) is 5.97. The Bertz CT molecular complexity index is 1530. The molecule has 2 saturated heterocycles. The maximum atomic E-state index is 6.36. The molecule has 6 heterocycles. The second kappa shape index (κ2) is 8.34. The van der Waals surface area contributed by atoms with E-state index in [1.54, 1.807) is 0 Å². The summed E-state index contributed by atoms with van der Waals surface area (Å²) in [6.07, 6.45) is 7.82. The average Bonchev–Trinajstić information content (AvgIpc) is 3.55. The Kier molecular flexibility index (Phi) is 4.95. The van der Waals surface area contributed by atoms with Crippen molar-refractivity contribution < 1.29 is 9.47 Å². The predicted octanol–water partition coefficient (Wildman–Crippen LogP) is 5.26. The number of nitrogens with one attached hydrogen (secondary N) is 2. The number of aromatic nitrogens is 5. The molecule has 36 heavy (non-hydrogen) atoms. The zero-order valence-corrected chi connectivity index (χ0v) is 20.2. The maximum Gasteiger partial charge on any atom is 0.137 e. The Balaban J connectivity index is 1.11. The van der Waals surface area contributed by atoms with Gasteiger partial charge in [0.1, 0.15) is 29.0 Å². The van der Waals surface area contributed by atoms with Crippen LogP contribution in [0.1, 0.15) is 31.4 Å². The van der Waals surface area contributed by atoms with Crippen LogP contribution >= 0.6 is 0 Å². The summed E-state index contributed by atoms with van der Waals surface area (Å²) >= 11 is 0. The van der Waals surface area contributed by atoms with Crippen LogP contribution in [0.5, 0.6) is 5.75 Å². The highest BCUT2D eigenvalue weighted by Gasteiger charge is 2.44. The van der Waals surface area contributed by atoms with Crippen LogP contribution in [0.15, 0.2) is 61.1 Å². The van der Waals surface area contributed by atoms with Gasteiger partial charge in [0.25, 0.3) is 0 Å². The van der Waals surface area contributed by atoms with Crippen molar-refractivity contribution in [1.29, 1.82) is 0 Å². The van der Waals surface area contributed by atoms with Crippen molar-refractivity contribution >= 4 is 27.8 Å². The van der Waals surface area contributed by atoms with Gasteiger partial charge in [-0.3, -0.25) is 5.10 Å². The number of hydrogen-bond acceptors (Lipinski definition) is 6. The van der Waals surface area contributed by atoms with Gasteiger partial charge in [-0.05, 0) is 62.2 Å². The van der Waals surface area contributed by atoms with Crippen molar-refractivity contribution in [3.63, 3.8) is 0 Å². The number of aromatic amines is 2. The third-order valence-electron chi connectivity index (χ3n) is 7.73. The molecule has 0 aliphatic carbocycles. The van der Waals surface area contributed by atoms with Crippen LogP contribution in [0.2, 0.25) is 0 Å². The molecule has 7 rings (SSSR count). The van der Waals surface area contributed by atoms with Gasteiger partial charge in [0.2, 0.25) is 0 Å². The van der Waals surface area contributed by atoms with Gasteiger partial charge in [-0.1, -0.05) is 0 Å². The Morgan fingerprint density at radius 2 is 1.92 bits per heavy atom. The first-order valence-electron chi connectivity index (χ1n) is 12.5. The molecule has 1 spiro atoms. The number of rotatable bonds is 5. The second-order valence-electron chi connectivity index (χ2n) is 10.1. The molecule has 8 nitrogen and oxygen atoms in total. The van der Waals surface area contributed by atoms with Crippen molar-refractivity contribution in [2.75, 3.05) is 31.2 Å². The molecule has 4 aromatic heterocycles. The van der Waals surface area contributed by atoms with Crippen LogP contribution in [0.4, 0.5) is 5.82 Å². The molecule has 8 heteroatoms. The summed E-state index contributed by atoms with van der Waals surface area (Å²) in [7, 11) is 0. The summed E-state index contributed by atoms with van der Waals surface area (Å²) in [5, 5.41) is 9.83. The second-order valence-corrected chi connectivity index (χ2v) is 10.1. The molecule has 0 saturated carbocycles. The van der Waals surface area contributed by atoms with Gasteiger partial charge in [-0.25, -0.2) is 9.97 Å². The summed E-state index contributed by atoms with van der Waals surface area (Å²) in [4.78, 5) is 14.7. The van der Waals surface area contributed by atoms with E-state index in [0.29, 0.717) is 5.41 Å². The van der Waals surface area contributed by atoms with E-state index in [1.807, 2.05) is 42.9 Å². The molecule has 2 fully saturated rings. The minimum atomic E-state index is -0.129. The lowest BCUT2D eigenvalue weighted by molar-refractivity contribution is -0.000451. The first-order valence-corrected chi connectivity index (χ1v) is 12.5. The highest BCUT2D eigenvalue weighted by molar-refractivity contribution is 5.93. The van der Waals surface area contributed by atoms with Crippen molar-refractivity contribution in [2.24, 2.45) is 5.41 Å². The van der Waals surface area contributed by atoms with Gasteiger partial charge in [-0.15, -0.1) is 0 Å². The fourth-order valence-electron chi connectivity index (χ4n) is 5.65. The average molecular weight is 481 g/mol. The number of pyridine rings is 2. The SMILES string of the molecule is C[C@@H](Oc1ccc2[nH]nc(-c3ccc(N4CC5(CCOCC5)C4)nc3)c2c1)c1ccnc2[nH]ccc12. The van der Waals surface area contributed by atoms with Crippen LogP contribution in [-0.4, -0.2) is 51.5 Å². The summed E-state index contributed by atoms with van der Waals surface area (Å²) < 4.78 is 11.9. The molecular weight excluding hydrogens is 452 g/mol. The molecule has 2 N–H and O–H groups in total. The monoisotopic (exact) mass is 480 g/mol. The Morgan fingerprint density at radius 3 is 2.75 bits per heavy atom. The van der Waals surface area contributed by atoms with E-state index >= 15 is 0 Å². The lowest BCUT2D eigenvalue weighted by atomic mass is 9.73. The van der Waals surface area contributed by atoms with E-state index in [-0.39, 0.29) is 6.10 Å². The van der Waals surface area contributed by atoms with E-state index in [0.717, 1.165) is 89.5 Å². The van der Waals surface area contributed by atoms with Gasteiger partial charge >= 0.3 is 0 Å². The molecule has 5 aromatic rings. The third-order valence-corrected chi connectivity index (χ3v) is 7.73. The minimum Gasteiger partial charge on any atom is -0.486 e. The fraction of sp³-hybridized carbons (Fsp3) is 0.321. The van der Waals surface area contributed by atoms with Crippen molar-refractivity contribution in [1.82, 2.24) is 25.1 Å². The number of benzene rings is 1. The lowest BCUT2D eigenvalue weighted by Gasteiger charge is -2.52. The van der Waals surface area contributed by atoms with Gasteiger partial charge in [0, 0.05) is 72.2 Å². The van der Waals surface area contributed by atoms with Crippen molar-refractivity contribution in [3.8, 4) is 17.0 Å². The number of fused-ring (bicyclic) bond motifs is 2. The topological polar surface area (TPSA) is 91.9 Å². The molecule has 2 aliphatic heterocycles. The smallest absolute Gasteiger partial charge is 0.137 e. The summed E-state index contributed by atoms with van der Waals surface area (Å²) in [6, 6.07) is 14.3. The zero-order valence-electron chi connectivity index (χ0n) is 20.2. The number of nitrogens with zero attached hydrogens (tertiary/aromatic N) is 4. The fourth-order valence-corrected chi connectivity index (χ4v) is 5.65. The van der Waals surface area contributed by atoms with Crippen LogP contribution in [0, 0.1) is 5.41 Å². The highest BCUT2D eigenvalue weighted by Crippen LogP contribution is 2.42. The minimum absolute atomic E-state index is 0.129. The highest BCUT2D eigenvalue weighted by atomic mass is 16.5. The zero-order chi connectivity index (χ0) is 24.1. The molecule has 2 aliphatic rings. The summed E-state index contributed by atoms with van der Waals surface area (Å²) in [5.41, 5.74) is 5.22. The lowest BCUT2D eigenvalue weighted by Crippen LogP contribution is -2.58. The van der Waals surface area contributed by atoms with Crippen LogP contribution in [-0.2, 0) is 4.74 Å². The molecule has 0 unspecified atom stereocenters. The van der Waals surface area contributed by atoms with Gasteiger partial charge < -0.3 is 19.4 Å². The molecular formula is C28H28N6O2. The maximum absolute atomic E-state index is 6.36. The number of anilines is 1. The Labute approximate surface area is 208 Å². The van der Waals surface area contributed by atoms with Crippen LogP contribution in [0.3, 0.4) is 0 Å². The number of H-pyrrole nitrogens is 2. The van der Waals surface area contributed by atoms with E-state index < -0.39 is 0 Å². The first kappa shape index (κ1) is 21.4. The predicted molar refractivity (Wildman–Crippen MR) is 139 cm³/mol. The van der Waals surface area contributed by atoms with Gasteiger partial charge in [-0.2, -0.15) is 5.10 Å². The molecule has 0 bridgehead atoms. The molecule has 1 aromatic carbocycles. The molecule has 1 atom stereocenters. The van der Waals surface area contributed by atoms with Gasteiger partial charge in [0.15, 0.2) is 0 Å². The standard InChI is InChI=1S/C28H28N6O2/c1-18(21-6-10-29-27-22(21)7-11-30-27)36-20-3-4-24-23(14-20)26(33-32-24)19-2-5-25(31-15-19)34-16-28(17-34)8-12-35-13-9-28/h2-7,10-11,14-15,18H,8-9,12-13,16-17H2,1H3,(H,29,30)(H,32,33)/t18-/m1/s1. The molecule has 182 valence electrons. The first-order chi connectivity index (χ1) is 17.7. The molecule has 0 amide bonds. The van der Waals surface area contributed by atoms with Crippen molar-refractivity contribution in [3.05, 3.63) is 66.6 Å². The van der Waals surface area contributed by atoms with Crippen LogP contribution < -0.4 is 9.64 Å². The van der Waals surface area contributed by atoms with E-state index in [1.165, 1.54) is 0 Å². The third kappa shape index (κ3) is 3.60. The number of ether oxygens (including phenoxy) is 2. The Morgan fingerprint density at radius 1 is 1.03 bits per heavy atom. The van der Waals surface area contributed by atoms with E-state index in [2.05, 4.69) is 50.2 Å². The summed E-state index contributed by atoms with van der Waals surface area (Å²) in [5.74, 6) is 1.83. The van der Waals surface area contributed by atoms with E-state index in [4.69, 9.17) is 14.5 Å². The number of hydrogen-bond donors (Lipinski definition) is 2. The van der Waals surface area contributed by atoms with Gasteiger partial charge in [0.05, 0.1) is 5.52 Å². The van der Waals surface area contributed by atoms with E-state index in [9.17, 15) is 0 Å². The van der Waals surface area contributed by atoms with Crippen LogP contribution in [0.25, 0.3) is 33.2 Å². The quantitative estimate of drug-likeness (QED) is 0.357.